The van der Waals surface area contributed by atoms with Crippen LogP contribution in [0.25, 0.3) is 22.3 Å². The maximum absolute atomic E-state index is 13.5. The molecule has 0 aliphatic carbocycles. The average molecular weight is 432 g/mol. The summed E-state index contributed by atoms with van der Waals surface area (Å²) in [5.41, 5.74) is 3.53. The van der Waals surface area contributed by atoms with E-state index in [9.17, 15) is 4.79 Å². The first-order chi connectivity index (χ1) is 15.6. The topological polar surface area (TPSA) is 82.6 Å². The number of para-hydroxylation sites is 1. The van der Waals surface area contributed by atoms with Crippen LogP contribution < -0.4 is 4.74 Å². The van der Waals surface area contributed by atoms with Crippen molar-refractivity contribution in [2.24, 2.45) is 7.05 Å². The Hall–Kier alpha value is -3.65. The predicted molar refractivity (Wildman–Crippen MR) is 119 cm³/mol. The first-order valence-corrected chi connectivity index (χ1v) is 10.5. The van der Waals surface area contributed by atoms with Crippen LogP contribution in [0.2, 0.25) is 0 Å². The second-order valence-electron chi connectivity index (χ2n) is 7.83. The summed E-state index contributed by atoms with van der Waals surface area (Å²) in [6.45, 7) is 3.24. The molecule has 0 N–H and O–H groups in total. The molecule has 2 aromatic carbocycles. The highest BCUT2D eigenvalue weighted by Crippen LogP contribution is 2.29. The summed E-state index contributed by atoms with van der Waals surface area (Å²) in [5.74, 6) is 1.58. The van der Waals surface area contributed by atoms with Gasteiger partial charge in [0.15, 0.2) is 6.10 Å². The summed E-state index contributed by atoms with van der Waals surface area (Å²) in [6.07, 6.45) is -0.470. The molecular formula is C24H24N4O4. The molecule has 0 unspecified atom stereocenters. The molecule has 8 nitrogen and oxygen atoms in total. The molecule has 3 heterocycles. The number of methoxy groups -OCH3 is 1. The third-order valence-electron chi connectivity index (χ3n) is 6.03. The van der Waals surface area contributed by atoms with Gasteiger partial charge in [-0.15, -0.1) is 0 Å². The molecule has 4 aromatic rings. The number of aryl methyl sites for hydroxylation is 1. The van der Waals surface area contributed by atoms with Crippen LogP contribution in [0.5, 0.6) is 5.75 Å². The molecule has 1 amide bonds. The molecule has 0 saturated carbocycles. The van der Waals surface area contributed by atoms with Gasteiger partial charge in [0, 0.05) is 35.8 Å². The number of nitrogens with zero attached hydrogens (tertiary/aromatic N) is 4. The molecule has 8 heteroatoms. The van der Waals surface area contributed by atoms with Crippen LogP contribution in [-0.2, 0) is 11.8 Å². The Labute approximate surface area is 185 Å². The van der Waals surface area contributed by atoms with Crippen molar-refractivity contribution in [1.29, 1.82) is 0 Å². The third-order valence-corrected chi connectivity index (χ3v) is 6.03. The van der Waals surface area contributed by atoms with E-state index < -0.39 is 6.10 Å². The Morgan fingerprint density at radius 2 is 1.94 bits per heavy atom. The lowest BCUT2D eigenvalue weighted by Crippen LogP contribution is -2.42. The van der Waals surface area contributed by atoms with Crippen molar-refractivity contribution in [3.8, 4) is 17.1 Å². The second kappa shape index (κ2) is 8.12. The van der Waals surface area contributed by atoms with Crippen molar-refractivity contribution in [2.75, 3.05) is 26.8 Å². The van der Waals surface area contributed by atoms with E-state index in [1.165, 1.54) is 0 Å². The minimum absolute atomic E-state index is 0.0116. The summed E-state index contributed by atoms with van der Waals surface area (Å²) >= 11 is 0. The SMILES string of the molecule is COc1ccc(-c2noc([C@@H]3CN(C(=O)c4c(C)n(C)c5ccccc45)CCO3)n2)cc1. The number of carbonyl (C=O) groups excluding carboxylic acids is 1. The number of fused-ring (bicyclic) bond motifs is 1. The van der Waals surface area contributed by atoms with Gasteiger partial charge in [0.2, 0.25) is 5.82 Å². The maximum Gasteiger partial charge on any atom is 0.257 e. The van der Waals surface area contributed by atoms with Gasteiger partial charge in [0.25, 0.3) is 11.8 Å². The van der Waals surface area contributed by atoms with Crippen molar-refractivity contribution >= 4 is 16.8 Å². The van der Waals surface area contributed by atoms with Gasteiger partial charge in [0.05, 0.1) is 25.8 Å². The van der Waals surface area contributed by atoms with E-state index in [4.69, 9.17) is 14.0 Å². The number of rotatable bonds is 4. The largest absolute Gasteiger partial charge is 0.497 e. The van der Waals surface area contributed by atoms with Crippen LogP contribution in [0.1, 0.15) is 28.0 Å². The Bertz CT molecular complexity index is 1280. The minimum atomic E-state index is -0.470. The number of hydrogen-bond donors (Lipinski definition) is 0. The Morgan fingerprint density at radius 1 is 1.16 bits per heavy atom. The molecule has 32 heavy (non-hydrogen) atoms. The number of hydrogen-bond acceptors (Lipinski definition) is 6. The Morgan fingerprint density at radius 3 is 2.72 bits per heavy atom. The van der Waals surface area contributed by atoms with E-state index in [2.05, 4.69) is 14.7 Å². The zero-order valence-electron chi connectivity index (χ0n) is 18.2. The molecular weight excluding hydrogens is 408 g/mol. The van der Waals surface area contributed by atoms with E-state index in [0.29, 0.717) is 31.4 Å². The number of ether oxygens (including phenoxy) is 2. The van der Waals surface area contributed by atoms with Crippen molar-refractivity contribution in [3.63, 3.8) is 0 Å². The van der Waals surface area contributed by atoms with Crippen molar-refractivity contribution in [3.05, 3.63) is 65.7 Å². The quantitative estimate of drug-likeness (QED) is 0.488. The average Bonchev–Trinajstić information content (AvgIpc) is 3.43. The monoisotopic (exact) mass is 432 g/mol. The lowest BCUT2D eigenvalue weighted by Gasteiger charge is -2.31. The number of benzene rings is 2. The molecule has 1 atom stereocenters. The summed E-state index contributed by atoms with van der Waals surface area (Å²) < 4.78 is 18.6. The summed E-state index contributed by atoms with van der Waals surface area (Å²) in [5, 5.41) is 5.05. The highest BCUT2D eigenvalue weighted by atomic mass is 16.5. The minimum Gasteiger partial charge on any atom is -0.497 e. The molecule has 1 saturated heterocycles. The lowest BCUT2D eigenvalue weighted by atomic mass is 10.1. The highest BCUT2D eigenvalue weighted by molar-refractivity contribution is 6.08. The van der Waals surface area contributed by atoms with Crippen LogP contribution in [0.15, 0.2) is 53.1 Å². The number of amides is 1. The molecule has 1 aliphatic heterocycles. The van der Waals surface area contributed by atoms with Gasteiger partial charge in [-0.25, -0.2) is 0 Å². The molecule has 0 radical (unpaired) electrons. The lowest BCUT2D eigenvalue weighted by molar-refractivity contribution is -0.0367. The highest BCUT2D eigenvalue weighted by Gasteiger charge is 2.32. The second-order valence-corrected chi connectivity index (χ2v) is 7.83. The van der Waals surface area contributed by atoms with Gasteiger partial charge in [-0.05, 0) is 37.3 Å². The smallest absolute Gasteiger partial charge is 0.257 e. The maximum atomic E-state index is 13.5. The van der Waals surface area contributed by atoms with Crippen molar-refractivity contribution in [1.82, 2.24) is 19.6 Å². The first-order valence-electron chi connectivity index (χ1n) is 10.5. The van der Waals surface area contributed by atoms with Crippen molar-refractivity contribution in [2.45, 2.75) is 13.0 Å². The summed E-state index contributed by atoms with van der Waals surface area (Å²) in [7, 11) is 3.60. The van der Waals surface area contributed by atoms with Gasteiger partial charge in [0.1, 0.15) is 5.75 Å². The van der Waals surface area contributed by atoms with E-state index in [0.717, 1.165) is 33.5 Å². The molecule has 1 fully saturated rings. The van der Waals surface area contributed by atoms with Gasteiger partial charge >= 0.3 is 0 Å². The predicted octanol–water partition coefficient (Wildman–Crippen LogP) is 3.76. The first kappa shape index (κ1) is 20.3. The molecule has 0 bridgehead atoms. The Kier molecular flexibility index (Phi) is 5.14. The van der Waals surface area contributed by atoms with E-state index in [-0.39, 0.29) is 5.91 Å². The van der Waals surface area contributed by atoms with Crippen LogP contribution in [0.3, 0.4) is 0 Å². The molecule has 5 rings (SSSR count). The fraction of sp³-hybridized carbons (Fsp3) is 0.292. The number of morpholine rings is 1. The fourth-order valence-corrected chi connectivity index (χ4v) is 4.16. The zero-order valence-corrected chi connectivity index (χ0v) is 18.2. The van der Waals surface area contributed by atoms with E-state index in [1.807, 2.05) is 62.5 Å². The fourth-order valence-electron chi connectivity index (χ4n) is 4.16. The van der Waals surface area contributed by atoms with E-state index in [1.54, 1.807) is 12.0 Å². The molecule has 1 aliphatic rings. The zero-order chi connectivity index (χ0) is 22.2. The van der Waals surface area contributed by atoms with Crippen LogP contribution in [0.4, 0.5) is 0 Å². The number of carbonyl (C=O) groups is 1. The van der Waals surface area contributed by atoms with Gasteiger partial charge in [-0.1, -0.05) is 23.4 Å². The standard InChI is InChI=1S/C24H24N4O4/c1-15-21(18-6-4-5-7-19(18)27(15)2)24(29)28-12-13-31-20(14-28)23-25-22(26-32-23)16-8-10-17(30-3)11-9-16/h4-11,20H,12-14H2,1-3H3/t20-/m0/s1. The summed E-state index contributed by atoms with van der Waals surface area (Å²) in [4.78, 5) is 19.8. The van der Waals surface area contributed by atoms with Gasteiger partial charge in [-0.2, -0.15) is 4.98 Å². The third kappa shape index (κ3) is 3.42. The Balaban J connectivity index is 1.38. The van der Waals surface area contributed by atoms with Crippen LogP contribution >= 0.6 is 0 Å². The van der Waals surface area contributed by atoms with E-state index >= 15 is 0 Å². The molecule has 164 valence electrons. The van der Waals surface area contributed by atoms with Gasteiger partial charge < -0.3 is 23.5 Å². The normalized spacial score (nSPS) is 16.5. The van der Waals surface area contributed by atoms with Crippen LogP contribution in [0, 0.1) is 6.92 Å². The number of aromatic nitrogens is 3. The van der Waals surface area contributed by atoms with Crippen LogP contribution in [-0.4, -0.2) is 52.3 Å². The van der Waals surface area contributed by atoms with Crippen molar-refractivity contribution < 1.29 is 18.8 Å². The molecule has 2 aromatic heterocycles. The van der Waals surface area contributed by atoms with Gasteiger partial charge in [-0.3, -0.25) is 4.79 Å². The summed E-state index contributed by atoms with van der Waals surface area (Å²) in [6, 6.07) is 15.4. The molecule has 0 spiro atoms.